The average Bonchev–Trinajstić information content (AvgIpc) is 2.55. The van der Waals surface area contributed by atoms with Crippen LogP contribution in [0.3, 0.4) is 0 Å². The van der Waals surface area contributed by atoms with Crippen LogP contribution in [-0.2, 0) is 0 Å². The van der Waals surface area contributed by atoms with Crippen LogP contribution in [0.25, 0.3) is 15.7 Å². The predicted octanol–water partition coefficient (Wildman–Crippen LogP) is 3.62. The molecule has 0 fully saturated rings. The number of carbonyl (C=O) groups is 1. The van der Waals surface area contributed by atoms with E-state index >= 15 is 0 Å². The lowest BCUT2D eigenvalue weighted by Crippen LogP contribution is -2.16. The summed E-state index contributed by atoms with van der Waals surface area (Å²) < 4.78 is 0. The number of hydrogen-bond donors (Lipinski definition) is 1. The summed E-state index contributed by atoms with van der Waals surface area (Å²) in [5.74, 6) is -0.308. The van der Waals surface area contributed by atoms with Crippen LogP contribution in [0.4, 0.5) is 5.69 Å². The zero-order valence-electron chi connectivity index (χ0n) is 11.9. The largest absolute Gasteiger partial charge is 0.361 e. The monoisotopic (exact) mass is 288 g/mol. The highest BCUT2D eigenvalue weighted by Gasteiger charge is 2.15. The predicted molar refractivity (Wildman–Crippen MR) is 85.4 cm³/mol. The number of pyridine rings is 1. The molecule has 0 bridgehead atoms. The van der Waals surface area contributed by atoms with Crippen molar-refractivity contribution in [2.24, 2.45) is 0 Å². The van der Waals surface area contributed by atoms with Crippen molar-refractivity contribution >= 4 is 22.4 Å². The van der Waals surface area contributed by atoms with E-state index in [1.807, 2.05) is 19.1 Å². The van der Waals surface area contributed by atoms with Gasteiger partial charge in [-0.2, -0.15) is 0 Å². The van der Waals surface area contributed by atoms with Crippen LogP contribution >= 0.6 is 0 Å². The van der Waals surface area contributed by atoms with Gasteiger partial charge in [-0.05, 0) is 13.0 Å². The Morgan fingerprint density at radius 3 is 2.55 bits per heavy atom. The maximum absolute atomic E-state index is 12.5. The van der Waals surface area contributed by atoms with Crippen LogP contribution in [0.2, 0.25) is 0 Å². The van der Waals surface area contributed by atoms with Gasteiger partial charge in [-0.25, -0.2) is 4.85 Å². The van der Waals surface area contributed by atoms with E-state index < -0.39 is 0 Å². The van der Waals surface area contributed by atoms with Gasteiger partial charge in [0.1, 0.15) is 0 Å². The molecule has 0 spiro atoms. The van der Waals surface area contributed by atoms with Crippen LogP contribution in [0.15, 0.2) is 53.5 Å². The highest BCUT2D eigenvalue weighted by molar-refractivity contribution is 6.10. The van der Waals surface area contributed by atoms with Gasteiger partial charge in [0.05, 0.1) is 12.1 Å². The lowest BCUT2D eigenvalue weighted by atomic mass is 10.0. The number of aryl methyl sites for hydroxylation is 1. The molecule has 1 N–H and O–H groups in total. The number of benzene rings is 2. The summed E-state index contributed by atoms with van der Waals surface area (Å²) in [6.07, 6.45) is 1.42. The molecule has 1 heterocycles. The van der Waals surface area contributed by atoms with Crippen molar-refractivity contribution in [1.82, 2.24) is 4.98 Å². The minimum Gasteiger partial charge on any atom is -0.361 e. The fraction of sp³-hybridized carbons (Fsp3) is 0.0556. The minimum absolute atomic E-state index is 0.104. The summed E-state index contributed by atoms with van der Waals surface area (Å²) in [4.78, 5) is 31.2. The molecule has 0 atom stereocenters. The number of nitrogens with one attached hydrogen (secondary N) is 1. The number of carbonyl (C=O) groups excluding carboxylic acids is 1. The summed E-state index contributed by atoms with van der Waals surface area (Å²) in [5.41, 5.74) is 2.31. The van der Waals surface area contributed by atoms with Gasteiger partial charge in [0, 0.05) is 22.7 Å². The number of aromatic nitrogens is 1. The lowest BCUT2D eigenvalue weighted by molar-refractivity contribution is 0.103. The molecule has 2 aromatic carbocycles. The molecule has 0 unspecified atom stereocenters. The van der Waals surface area contributed by atoms with Gasteiger partial charge >= 0.3 is 0 Å². The molecule has 3 aromatic rings. The van der Waals surface area contributed by atoms with Crippen LogP contribution in [0, 0.1) is 13.5 Å². The van der Waals surface area contributed by atoms with Crippen molar-refractivity contribution in [3.8, 4) is 0 Å². The van der Waals surface area contributed by atoms with Crippen molar-refractivity contribution in [3.63, 3.8) is 0 Å². The van der Waals surface area contributed by atoms with Gasteiger partial charge in [0.15, 0.2) is 16.9 Å². The summed E-state index contributed by atoms with van der Waals surface area (Å²) in [5, 5.41) is 0.408. The number of rotatable bonds is 2. The van der Waals surface area contributed by atoms with E-state index in [4.69, 9.17) is 6.57 Å². The molecular weight excluding hydrogens is 276 g/mol. The van der Waals surface area contributed by atoms with Crippen molar-refractivity contribution < 1.29 is 4.79 Å². The second-order valence-electron chi connectivity index (χ2n) is 5.07. The second-order valence-corrected chi connectivity index (χ2v) is 5.07. The maximum Gasteiger partial charge on any atom is 0.200 e. The molecule has 0 amide bonds. The number of H-pyrrole nitrogens is 1. The van der Waals surface area contributed by atoms with Crippen LogP contribution in [0.5, 0.6) is 0 Å². The molecule has 22 heavy (non-hydrogen) atoms. The van der Waals surface area contributed by atoms with Gasteiger partial charge in [0.2, 0.25) is 0 Å². The molecule has 4 nitrogen and oxygen atoms in total. The van der Waals surface area contributed by atoms with Crippen molar-refractivity contribution in [3.05, 3.63) is 87.0 Å². The molecule has 0 aliphatic carbocycles. The standard InChI is InChI=1S/C18H12N2O2/c1-11-3-5-12(6-4-11)17(21)15-10-20-16-9-13(19-2)7-8-14(16)18(15)22/h3-10H,1H3,(H,20,22). The number of ketones is 1. The van der Waals surface area contributed by atoms with E-state index in [-0.39, 0.29) is 16.8 Å². The second kappa shape index (κ2) is 5.30. The Kier molecular flexibility index (Phi) is 3.32. The number of nitrogens with zero attached hydrogens (tertiary/aromatic N) is 1. The Bertz CT molecular complexity index is 977. The van der Waals surface area contributed by atoms with E-state index in [9.17, 15) is 9.59 Å². The Hall–Kier alpha value is -3.19. The molecular formula is C18H12N2O2. The van der Waals surface area contributed by atoms with Gasteiger partial charge in [-0.15, -0.1) is 0 Å². The fourth-order valence-corrected chi connectivity index (χ4v) is 2.31. The van der Waals surface area contributed by atoms with Crippen molar-refractivity contribution in [1.29, 1.82) is 0 Å². The maximum atomic E-state index is 12.5. The van der Waals surface area contributed by atoms with E-state index in [1.165, 1.54) is 6.20 Å². The first kappa shape index (κ1) is 13.8. The molecule has 1 aromatic heterocycles. The fourth-order valence-electron chi connectivity index (χ4n) is 2.31. The molecule has 3 rings (SSSR count). The Morgan fingerprint density at radius 2 is 1.86 bits per heavy atom. The van der Waals surface area contributed by atoms with E-state index in [0.29, 0.717) is 22.2 Å². The van der Waals surface area contributed by atoms with E-state index in [0.717, 1.165) is 5.56 Å². The zero-order chi connectivity index (χ0) is 15.7. The number of hydrogen-bond acceptors (Lipinski definition) is 2. The first-order valence-corrected chi connectivity index (χ1v) is 6.74. The quantitative estimate of drug-likeness (QED) is 0.578. The average molecular weight is 288 g/mol. The molecule has 0 radical (unpaired) electrons. The molecule has 4 heteroatoms. The Morgan fingerprint density at radius 1 is 1.14 bits per heavy atom. The Balaban J connectivity index is 2.14. The van der Waals surface area contributed by atoms with Crippen LogP contribution in [-0.4, -0.2) is 10.8 Å². The third kappa shape index (κ3) is 2.29. The highest BCUT2D eigenvalue weighted by atomic mass is 16.1. The third-order valence-corrected chi connectivity index (χ3v) is 3.55. The van der Waals surface area contributed by atoms with Crippen molar-refractivity contribution in [2.45, 2.75) is 6.92 Å². The number of aromatic amines is 1. The van der Waals surface area contributed by atoms with Crippen LogP contribution < -0.4 is 5.43 Å². The minimum atomic E-state index is -0.323. The zero-order valence-corrected chi connectivity index (χ0v) is 11.9. The van der Waals surface area contributed by atoms with E-state index in [1.54, 1.807) is 30.3 Å². The van der Waals surface area contributed by atoms with Gasteiger partial charge in [-0.1, -0.05) is 42.0 Å². The summed E-state index contributed by atoms with van der Waals surface area (Å²) in [7, 11) is 0. The summed E-state index contributed by atoms with van der Waals surface area (Å²) >= 11 is 0. The lowest BCUT2D eigenvalue weighted by Gasteiger charge is -2.04. The third-order valence-electron chi connectivity index (χ3n) is 3.55. The van der Waals surface area contributed by atoms with E-state index in [2.05, 4.69) is 9.83 Å². The summed E-state index contributed by atoms with van der Waals surface area (Å²) in [6, 6.07) is 11.9. The molecule has 106 valence electrons. The molecule has 0 aliphatic heterocycles. The molecule has 0 saturated carbocycles. The number of fused-ring (bicyclic) bond motifs is 1. The molecule has 0 saturated heterocycles. The summed E-state index contributed by atoms with van der Waals surface area (Å²) in [6.45, 7) is 8.93. The molecule has 0 aliphatic rings. The topological polar surface area (TPSA) is 54.3 Å². The first-order chi connectivity index (χ1) is 10.6. The normalized spacial score (nSPS) is 10.4. The highest BCUT2D eigenvalue weighted by Crippen LogP contribution is 2.18. The first-order valence-electron chi connectivity index (χ1n) is 6.74. The van der Waals surface area contributed by atoms with Gasteiger partial charge in [-0.3, -0.25) is 9.59 Å². The van der Waals surface area contributed by atoms with Crippen LogP contribution in [0.1, 0.15) is 21.5 Å². The SMILES string of the molecule is [C-]#[N+]c1ccc2c(=O)c(C(=O)c3ccc(C)cc3)c[nH]c2c1. The van der Waals surface area contributed by atoms with Gasteiger partial charge < -0.3 is 4.98 Å². The smallest absolute Gasteiger partial charge is 0.200 e. The van der Waals surface area contributed by atoms with Gasteiger partial charge in [0.25, 0.3) is 0 Å². The Labute approximate surface area is 126 Å². The van der Waals surface area contributed by atoms with Crippen molar-refractivity contribution in [2.75, 3.05) is 0 Å².